The van der Waals surface area contributed by atoms with Crippen LogP contribution < -0.4 is 4.72 Å². The highest BCUT2D eigenvalue weighted by molar-refractivity contribution is 7.92. The molecule has 20 heavy (non-hydrogen) atoms. The quantitative estimate of drug-likeness (QED) is 0.946. The number of hydrogen-bond acceptors (Lipinski definition) is 3. The van der Waals surface area contributed by atoms with Gasteiger partial charge in [-0.2, -0.15) is 5.26 Å². The molecule has 0 aliphatic heterocycles. The van der Waals surface area contributed by atoms with Gasteiger partial charge < -0.3 is 0 Å². The largest absolute Gasteiger partial charge is 0.279 e. The van der Waals surface area contributed by atoms with Crippen LogP contribution in [-0.4, -0.2) is 8.42 Å². The van der Waals surface area contributed by atoms with Gasteiger partial charge in [0.15, 0.2) is 0 Å². The molecule has 0 fully saturated rings. The molecule has 0 spiro atoms. The van der Waals surface area contributed by atoms with Gasteiger partial charge in [0, 0.05) is 6.07 Å². The third kappa shape index (κ3) is 3.10. The van der Waals surface area contributed by atoms with Gasteiger partial charge in [-0.25, -0.2) is 17.2 Å². The second kappa shape index (κ2) is 5.27. The van der Waals surface area contributed by atoms with Crippen LogP contribution in [-0.2, 0) is 10.0 Å². The molecule has 4 nitrogen and oxygen atoms in total. The van der Waals surface area contributed by atoms with Gasteiger partial charge in [-0.15, -0.1) is 0 Å². The van der Waals surface area contributed by atoms with E-state index in [0.29, 0.717) is 11.6 Å². The van der Waals surface area contributed by atoms with Gasteiger partial charge in [0.05, 0.1) is 22.2 Å². The van der Waals surface area contributed by atoms with E-state index in [1.54, 1.807) is 0 Å². The van der Waals surface area contributed by atoms with E-state index < -0.39 is 21.7 Å². The molecule has 2 aromatic carbocycles. The molecule has 0 aromatic heterocycles. The van der Waals surface area contributed by atoms with Crippen LogP contribution in [0.3, 0.4) is 0 Å². The SMILES string of the molecule is N#Cc1ccc(S(=O)(=O)Nc2cc(F)cc(F)c2)cc1. The molecule has 0 atom stereocenters. The highest BCUT2D eigenvalue weighted by Crippen LogP contribution is 2.18. The monoisotopic (exact) mass is 294 g/mol. The maximum absolute atomic E-state index is 13.0. The van der Waals surface area contributed by atoms with Crippen molar-refractivity contribution in [3.63, 3.8) is 0 Å². The number of nitrogens with one attached hydrogen (secondary N) is 1. The number of rotatable bonds is 3. The minimum absolute atomic E-state index is 0.110. The summed E-state index contributed by atoms with van der Waals surface area (Å²) in [6.45, 7) is 0. The molecule has 0 amide bonds. The Kier molecular flexibility index (Phi) is 3.68. The third-order valence-electron chi connectivity index (χ3n) is 2.41. The number of anilines is 1. The van der Waals surface area contributed by atoms with E-state index in [0.717, 1.165) is 12.1 Å². The van der Waals surface area contributed by atoms with Crippen LogP contribution in [0.1, 0.15) is 5.56 Å². The summed E-state index contributed by atoms with van der Waals surface area (Å²) in [5.41, 5.74) is 0.0904. The van der Waals surface area contributed by atoms with Gasteiger partial charge >= 0.3 is 0 Å². The summed E-state index contributed by atoms with van der Waals surface area (Å²) in [7, 11) is -3.96. The second-order valence-corrected chi connectivity index (χ2v) is 5.58. The Hall–Kier alpha value is -2.46. The Morgan fingerprint density at radius 2 is 1.55 bits per heavy atom. The van der Waals surface area contributed by atoms with Gasteiger partial charge in [-0.3, -0.25) is 4.72 Å². The predicted octanol–water partition coefficient (Wildman–Crippen LogP) is 2.64. The van der Waals surface area contributed by atoms with Gasteiger partial charge in [-0.1, -0.05) is 0 Å². The lowest BCUT2D eigenvalue weighted by Crippen LogP contribution is -2.13. The lowest BCUT2D eigenvalue weighted by molar-refractivity contribution is 0.584. The summed E-state index contributed by atoms with van der Waals surface area (Å²) in [6, 6.07) is 9.36. The van der Waals surface area contributed by atoms with Crippen molar-refractivity contribution in [3.8, 4) is 6.07 Å². The topological polar surface area (TPSA) is 70.0 Å². The molecule has 0 saturated carbocycles. The van der Waals surface area contributed by atoms with E-state index in [-0.39, 0.29) is 10.6 Å². The van der Waals surface area contributed by atoms with Crippen molar-refractivity contribution in [2.45, 2.75) is 4.90 Å². The zero-order chi connectivity index (χ0) is 14.8. The Morgan fingerprint density at radius 1 is 1.00 bits per heavy atom. The van der Waals surface area contributed by atoms with Crippen LogP contribution in [0.15, 0.2) is 47.4 Å². The van der Waals surface area contributed by atoms with E-state index in [9.17, 15) is 17.2 Å². The fourth-order valence-corrected chi connectivity index (χ4v) is 2.58. The Balaban J connectivity index is 2.33. The standard InChI is InChI=1S/C13H8F2N2O2S/c14-10-5-11(15)7-12(6-10)17-20(18,19)13-3-1-9(8-16)2-4-13/h1-7,17H. The Labute approximate surface area is 114 Å². The summed E-state index contributed by atoms with van der Waals surface area (Å²) in [5.74, 6) is -1.77. The van der Waals surface area contributed by atoms with Crippen LogP contribution in [0.4, 0.5) is 14.5 Å². The molecule has 1 N–H and O–H groups in total. The molecule has 0 unspecified atom stereocenters. The van der Waals surface area contributed by atoms with Gasteiger partial charge in [0.2, 0.25) is 0 Å². The number of nitrogens with zero attached hydrogens (tertiary/aromatic N) is 1. The number of nitriles is 1. The third-order valence-corrected chi connectivity index (χ3v) is 3.81. The predicted molar refractivity (Wildman–Crippen MR) is 68.3 cm³/mol. The van der Waals surface area contributed by atoms with Crippen molar-refractivity contribution in [1.82, 2.24) is 0 Å². The lowest BCUT2D eigenvalue weighted by atomic mass is 10.2. The zero-order valence-corrected chi connectivity index (χ0v) is 10.8. The summed E-state index contributed by atoms with van der Waals surface area (Å²) < 4.78 is 52.0. The van der Waals surface area contributed by atoms with Crippen LogP contribution in [0.2, 0.25) is 0 Å². The van der Waals surface area contributed by atoms with E-state index in [4.69, 9.17) is 5.26 Å². The fourth-order valence-electron chi connectivity index (χ4n) is 1.54. The first kappa shape index (κ1) is 14.0. The number of benzene rings is 2. The highest BCUT2D eigenvalue weighted by Gasteiger charge is 2.15. The molecule has 7 heteroatoms. The summed E-state index contributed by atoms with van der Waals surface area (Å²) in [4.78, 5) is -0.110. The van der Waals surface area contributed by atoms with Crippen molar-refractivity contribution >= 4 is 15.7 Å². The fraction of sp³-hybridized carbons (Fsp3) is 0. The molecule has 102 valence electrons. The van der Waals surface area contributed by atoms with Crippen molar-refractivity contribution in [2.24, 2.45) is 0 Å². The maximum Gasteiger partial charge on any atom is 0.261 e. The first-order valence-electron chi connectivity index (χ1n) is 5.40. The summed E-state index contributed by atoms with van der Waals surface area (Å²) >= 11 is 0. The van der Waals surface area contributed by atoms with E-state index in [2.05, 4.69) is 4.72 Å². The van der Waals surface area contributed by atoms with Crippen molar-refractivity contribution < 1.29 is 17.2 Å². The number of sulfonamides is 1. The molecular formula is C13H8F2N2O2S. The lowest BCUT2D eigenvalue weighted by Gasteiger charge is -2.08. The van der Waals surface area contributed by atoms with Crippen LogP contribution in [0, 0.1) is 23.0 Å². The van der Waals surface area contributed by atoms with Crippen molar-refractivity contribution in [1.29, 1.82) is 5.26 Å². The van der Waals surface area contributed by atoms with Gasteiger partial charge in [0.1, 0.15) is 11.6 Å². The highest BCUT2D eigenvalue weighted by atomic mass is 32.2. The number of halogens is 2. The van der Waals surface area contributed by atoms with E-state index in [1.807, 2.05) is 6.07 Å². The van der Waals surface area contributed by atoms with Crippen LogP contribution >= 0.6 is 0 Å². The van der Waals surface area contributed by atoms with E-state index >= 15 is 0 Å². The first-order chi connectivity index (χ1) is 9.40. The molecule has 0 aliphatic rings. The average molecular weight is 294 g/mol. The molecule has 0 radical (unpaired) electrons. The van der Waals surface area contributed by atoms with Crippen LogP contribution in [0.25, 0.3) is 0 Å². The summed E-state index contributed by atoms with van der Waals surface area (Å²) in [5, 5.41) is 8.63. The molecule has 0 bridgehead atoms. The average Bonchev–Trinajstić information content (AvgIpc) is 2.37. The minimum atomic E-state index is -3.96. The zero-order valence-electron chi connectivity index (χ0n) is 9.97. The second-order valence-electron chi connectivity index (χ2n) is 3.90. The summed E-state index contributed by atoms with van der Waals surface area (Å²) in [6.07, 6.45) is 0. The van der Waals surface area contributed by atoms with Crippen molar-refractivity contribution in [3.05, 3.63) is 59.7 Å². The molecule has 0 saturated heterocycles. The van der Waals surface area contributed by atoms with Gasteiger partial charge in [0.25, 0.3) is 10.0 Å². The van der Waals surface area contributed by atoms with Crippen LogP contribution in [0.5, 0.6) is 0 Å². The van der Waals surface area contributed by atoms with Gasteiger partial charge in [-0.05, 0) is 36.4 Å². The first-order valence-corrected chi connectivity index (χ1v) is 6.88. The Bertz CT molecular complexity index is 761. The maximum atomic E-state index is 13.0. The molecular weight excluding hydrogens is 286 g/mol. The minimum Gasteiger partial charge on any atom is -0.279 e. The molecule has 2 aromatic rings. The smallest absolute Gasteiger partial charge is 0.261 e. The normalized spacial score (nSPS) is 10.8. The number of hydrogen-bond donors (Lipinski definition) is 1. The molecule has 0 heterocycles. The molecule has 2 rings (SSSR count). The Morgan fingerprint density at radius 3 is 2.05 bits per heavy atom. The van der Waals surface area contributed by atoms with Crippen molar-refractivity contribution in [2.75, 3.05) is 4.72 Å². The molecule has 0 aliphatic carbocycles. The van der Waals surface area contributed by atoms with E-state index in [1.165, 1.54) is 24.3 Å².